The van der Waals surface area contributed by atoms with Crippen LogP contribution in [0.4, 0.5) is 8.78 Å². The number of hydrogen-bond acceptors (Lipinski definition) is 2. The Morgan fingerprint density at radius 1 is 1.15 bits per heavy atom. The Hall–Kier alpha value is -2.76. The molecule has 2 aromatic heterocycles. The number of nitrogens with zero attached hydrogens (tertiary/aromatic N) is 3. The van der Waals surface area contributed by atoms with Crippen LogP contribution in [0, 0.1) is 11.8 Å². The molecule has 1 amide bonds. The predicted octanol–water partition coefficient (Wildman–Crippen LogP) is 6.12. The van der Waals surface area contributed by atoms with E-state index < -0.39 is 6.43 Å². The molecule has 2 aliphatic rings. The molecule has 1 saturated carbocycles. The molecule has 1 fully saturated rings. The van der Waals surface area contributed by atoms with Crippen molar-refractivity contribution in [1.82, 2.24) is 14.5 Å². The molecule has 0 spiro atoms. The van der Waals surface area contributed by atoms with E-state index in [1.165, 1.54) is 24.5 Å². The normalized spacial score (nSPS) is 20.9. The number of carbonyl (C=O) groups is 1. The van der Waals surface area contributed by atoms with Gasteiger partial charge in [0.05, 0.1) is 6.54 Å². The van der Waals surface area contributed by atoms with Crippen molar-refractivity contribution in [2.45, 2.75) is 65.0 Å². The van der Waals surface area contributed by atoms with Crippen molar-refractivity contribution in [3.8, 4) is 0 Å². The predicted molar refractivity (Wildman–Crippen MR) is 125 cm³/mol. The largest absolute Gasteiger partial charge is 0.337 e. The van der Waals surface area contributed by atoms with Crippen LogP contribution in [0.1, 0.15) is 67.8 Å². The van der Waals surface area contributed by atoms with Crippen LogP contribution < -0.4 is 0 Å². The van der Waals surface area contributed by atoms with Crippen LogP contribution in [-0.2, 0) is 24.3 Å². The first kappa shape index (κ1) is 22.1. The Morgan fingerprint density at radius 2 is 1.97 bits per heavy atom. The van der Waals surface area contributed by atoms with Gasteiger partial charge < -0.3 is 9.47 Å². The maximum atomic E-state index is 13.2. The third-order valence-corrected chi connectivity index (χ3v) is 7.51. The van der Waals surface area contributed by atoms with Crippen molar-refractivity contribution in [2.75, 3.05) is 6.54 Å². The number of aromatic nitrogens is 2. The van der Waals surface area contributed by atoms with E-state index in [1.807, 2.05) is 17.0 Å². The van der Waals surface area contributed by atoms with Gasteiger partial charge >= 0.3 is 0 Å². The minimum atomic E-state index is -2.49. The molecule has 33 heavy (non-hydrogen) atoms. The SMILES string of the molecule is CC1CCC(CC(=O)N2CCc3c(n(Cc4cccc(C(F)F)c4)c4ncccc34)C2)CC1. The Labute approximate surface area is 193 Å². The lowest BCUT2D eigenvalue weighted by molar-refractivity contribution is -0.133. The highest BCUT2D eigenvalue weighted by Gasteiger charge is 2.29. The van der Waals surface area contributed by atoms with Crippen LogP contribution >= 0.6 is 0 Å². The summed E-state index contributed by atoms with van der Waals surface area (Å²) >= 11 is 0. The topological polar surface area (TPSA) is 38.1 Å². The molecule has 1 aliphatic carbocycles. The number of halogens is 2. The van der Waals surface area contributed by atoms with E-state index in [2.05, 4.69) is 22.5 Å². The fourth-order valence-corrected chi connectivity index (χ4v) is 5.56. The first-order valence-electron chi connectivity index (χ1n) is 12.1. The summed E-state index contributed by atoms with van der Waals surface area (Å²) in [5.74, 6) is 1.52. The fourth-order valence-electron chi connectivity index (χ4n) is 5.56. The molecular weight excluding hydrogens is 420 g/mol. The Morgan fingerprint density at radius 3 is 2.76 bits per heavy atom. The van der Waals surface area contributed by atoms with Gasteiger partial charge in [0.25, 0.3) is 6.43 Å². The molecule has 0 unspecified atom stereocenters. The van der Waals surface area contributed by atoms with Crippen LogP contribution in [0.5, 0.6) is 0 Å². The molecule has 0 N–H and O–H groups in total. The van der Waals surface area contributed by atoms with E-state index in [0.717, 1.165) is 54.0 Å². The monoisotopic (exact) mass is 451 g/mol. The molecule has 3 heterocycles. The number of rotatable bonds is 5. The Bertz CT molecular complexity index is 1150. The molecule has 3 aromatic rings. The lowest BCUT2D eigenvalue weighted by Crippen LogP contribution is -2.37. The van der Waals surface area contributed by atoms with Gasteiger partial charge in [-0.25, -0.2) is 13.8 Å². The highest BCUT2D eigenvalue weighted by molar-refractivity contribution is 5.84. The number of fused-ring (bicyclic) bond motifs is 3. The molecule has 0 atom stereocenters. The fraction of sp³-hybridized carbons (Fsp3) is 0.481. The number of benzene rings is 1. The van der Waals surface area contributed by atoms with E-state index in [4.69, 9.17) is 0 Å². The molecule has 1 aromatic carbocycles. The lowest BCUT2D eigenvalue weighted by Gasteiger charge is -2.31. The van der Waals surface area contributed by atoms with Gasteiger partial charge in [0, 0.05) is 42.4 Å². The van der Waals surface area contributed by atoms with Gasteiger partial charge in [-0.1, -0.05) is 38.0 Å². The number of alkyl halides is 2. The molecule has 174 valence electrons. The molecule has 6 heteroatoms. The van der Waals surface area contributed by atoms with Crippen LogP contribution in [0.2, 0.25) is 0 Å². The summed E-state index contributed by atoms with van der Waals surface area (Å²) in [7, 11) is 0. The second kappa shape index (κ2) is 9.24. The zero-order chi connectivity index (χ0) is 22.9. The molecule has 0 radical (unpaired) electrons. The molecule has 4 nitrogen and oxygen atoms in total. The van der Waals surface area contributed by atoms with Crippen LogP contribution in [0.3, 0.4) is 0 Å². The number of amides is 1. The average molecular weight is 452 g/mol. The maximum absolute atomic E-state index is 13.2. The molecule has 5 rings (SSSR count). The van der Waals surface area contributed by atoms with Crippen molar-refractivity contribution in [2.24, 2.45) is 11.8 Å². The van der Waals surface area contributed by atoms with Gasteiger partial charge in [-0.15, -0.1) is 0 Å². The van der Waals surface area contributed by atoms with E-state index >= 15 is 0 Å². The van der Waals surface area contributed by atoms with Gasteiger partial charge in [0.2, 0.25) is 5.91 Å². The minimum absolute atomic E-state index is 0.0318. The smallest absolute Gasteiger partial charge is 0.263 e. The summed E-state index contributed by atoms with van der Waals surface area (Å²) in [5.41, 5.74) is 4.03. The minimum Gasteiger partial charge on any atom is -0.337 e. The summed E-state index contributed by atoms with van der Waals surface area (Å²) in [6, 6.07) is 10.6. The van der Waals surface area contributed by atoms with Crippen LogP contribution in [0.25, 0.3) is 11.0 Å². The standard InChI is InChI=1S/C27H31F2N3O/c1-18-7-9-19(10-8-18)15-25(33)31-13-11-22-23-6-3-12-30-27(23)32(24(22)17-31)16-20-4-2-5-21(14-20)26(28)29/h2-6,12,14,18-19,26H,7-11,13,15-17H2,1H3. The summed E-state index contributed by atoms with van der Waals surface area (Å²) < 4.78 is 28.6. The van der Waals surface area contributed by atoms with E-state index in [-0.39, 0.29) is 11.5 Å². The number of pyridine rings is 1. The first-order valence-corrected chi connectivity index (χ1v) is 12.1. The lowest BCUT2D eigenvalue weighted by atomic mass is 9.81. The number of hydrogen-bond donors (Lipinski definition) is 0. The molecular formula is C27H31F2N3O. The summed E-state index contributed by atoms with van der Waals surface area (Å²) in [5, 5.41) is 1.10. The molecule has 0 bridgehead atoms. The van der Waals surface area contributed by atoms with Crippen LogP contribution in [0.15, 0.2) is 42.6 Å². The number of carbonyl (C=O) groups excluding carboxylic acids is 1. The van der Waals surface area contributed by atoms with Gasteiger partial charge in [-0.2, -0.15) is 0 Å². The van der Waals surface area contributed by atoms with Crippen molar-refractivity contribution in [3.63, 3.8) is 0 Å². The second-order valence-corrected chi connectivity index (χ2v) is 9.83. The highest BCUT2D eigenvalue weighted by Crippen LogP contribution is 2.34. The van der Waals surface area contributed by atoms with Gasteiger partial charge in [-0.3, -0.25) is 4.79 Å². The average Bonchev–Trinajstić information content (AvgIpc) is 3.14. The third kappa shape index (κ3) is 4.53. The summed E-state index contributed by atoms with van der Waals surface area (Å²) in [4.78, 5) is 19.8. The Balaban J connectivity index is 1.41. The van der Waals surface area contributed by atoms with Crippen molar-refractivity contribution < 1.29 is 13.6 Å². The van der Waals surface area contributed by atoms with Gasteiger partial charge in [-0.05, 0) is 60.4 Å². The van der Waals surface area contributed by atoms with Crippen molar-refractivity contribution in [3.05, 3.63) is 65.0 Å². The zero-order valence-corrected chi connectivity index (χ0v) is 19.1. The van der Waals surface area contributed by atoms with Crippen LogP contribution in [-0.4, -0.2) is 26.9 Å². The maximum Gasteiger partial charge on any atom is 0.263 e. The Kier molecular flexibility index (Phi) is 6.17. The van der Waals surface area contributed by atoms with Crippen molar-refractivity contribution in [1.29, 1.82) is 0 Å². The first-order chi connectivity index (χ1) is 16.0. The van der Waals surface area contributed by atoms with E-state index in [1.54, 1.807) is 18.3 Å². The third-order valence-electron chi connectivity index (χ3n) is 7.51. The highest BCUT2D eigenvalue weighted by atomic mass is 19.3. The van der Waals surface area contributed by atoms with E-state index in [0.29, 0.717) is 25.4 Å². The quantitative estimate of drug-likeness (QED) is 0.468. The van der Waals surface area contributed by atoms with Gasteiger partial charge in [0.15, 0.2) is 0 Å². The van der Waals surface area contributed by atoms with E-state index in [9.17, 15) is 13.6 Å². The van der Waals surface area contributed by atoms with Crippen molar-refractivity contribution >= 4 is 16.9 Å². The molecule has 0 saturated heterocycles. The zero-order valence-electron chi connectivity index (χ0n) is 19.1. The second-order valence-electron chi connectivity index (χ2n) is 9.83. The summed E-state index contributed by atoms with van der Waals surface area (Å²) in [6.45, 7) is 4.05. The molecule has 1 aliphatic heterocycles. The van der Waals surface area contributed by atoms with Gasteiger partial charge in [0.1, 0.15) is 5.65 Å². The summed E-state index contributed by atoms with van der Waals surface area (Å²) in [6.07, 6.45) is 5.46.